The zero-order valence-corrected chi connectivity index (χ0v) is 11.7. The summed E-state index contributed by atoms with van der Waals surface area (Å²) in [6.45, 7) is 0.740. The zero-order valence-electron chi connectivity index (χ0n) is 10.9. The molecule has 3 heteroatoms. The number of alkyl halides is 1. The van der Waals surface area contributed by atoms with E-state index in [0.717, 1.165) is 13.0 Å². The van der Waals surface area contributed by atoms with Gasteiger partial charge in [0, 0.05) is 13.6 Å². The lowest BCUT2D eigenvalue weighted by Gasteiger charge is -2.18. The molecule has 0 saturated heterocycles. The molecule has 0 bridgehead atoms. The van der Waals surface area contributed by atoms with Gasteiger partial charge < -0.3 is 4.90 Å². The Bertz CT molecular complexity index is 431. The van der Waals surface area contributed by atoms with E-state index >= 15 is 0 Å². The second-order valence-electron chi connectivity index (χ2n) is 5.01. The molecule has 0 atom stereocenters. The monoisotopic (exact) mass is 265 g/mol. The summed E-state index contributed by atoms with van der Waals surface area (Å²) in [6.07, 6.45) is 5.96. The van der Waals surface area contributed by atoms with E-state index in [1.54, 1.807) is 4.90 Å². The third-order valence-electron chi connectivity index (χ3n) is 3.69. The van der Waals surface area contributed by atoms with Gasteiger partial charge in [-0.05, 0) is 48.8 Å². The molecular formula is C15H20ClNO. The van der Waals surface area contributed by atoms with Crippen molar-refractivity contribution in [3.63, 3.8) is 0 Å². The summed E-state index contributed by atoms with van der Waals surface area (Å²) in [5, 5.41) is 0. The molecule has 0 fully saturated rings. The molecule has 0 aliphatic heterocycles. The van der Waals surface area contributed by atoms with Crippen molar-refractivity contribution in [1.82, 2.24) is 4.90 Å². The normalized spacial score (nSPS) is 14.1. The summed E-state index contributed by atoms with van der Waals surface area (Å²) >= 11 is 5.53. The van der Waals surface area contributed by atoms with Crippen molar-refractivity contribution in [1.29, 1.82) is 0 Å². The number of aryl methyl sites for hydroxylation is 2. The Kier molecular flexibility index (Phi) is 4.65. The first-order valence-corrected chi connectivity index (χ1v) is 7.15. The first kappa shape index (κ1) is 13.4. The summed E-state index contributed by atoms with van der Waals surface area (Å²) in [5.41, 5.74) is 4.34. The van der Waals surface area contributed by atoms with Gasteiger partial charge in [-0.2, -0.15) is 0 Å². The van der Waals surface area contributed by atoms with Crippen LogP contribution in [-0.4, -0.2) is 30.3 Å². The van der Waals surface area contributed by atoms with Crippen LogP contribution in [0.15, 0.2) is 18.2 Å². The fourth-order valence-corrected chi connectivity index (χ4v) is 2.67. The fraction of sp³-hybridized carbons (Fsp3) is 0.533. The highest BCUT2D eigenvalue weighted by Gasteiger charge is 2.10. The van der Waals surface area contributed by atoms with Crippen LogP contribution < -0.4 is 0 Å². The van der Waals surface area contributed by atoms with Crippen molar-refractivity contribution in [2.75, 3.05) is 19.5 Å². The Morgan fingerprint density at radius 1 is 1.28 bits per heavy atom. The van der Waals surface area contributed by atoms with Crippen LogP contribution in [0.2, 0.25) is 0 Å². The van der Waals surface area contributed by atoms with Crippen molar-refractivity contribution < 1.29 is 4.79 Å². The van der Waals surface area contributed by atoms with Crippen molar-refractivity contribution in [3.8, 4) is 0 Å². The Morgan fingerprint density at radius 2 is 2.00 bits per heavy atom. The van der Waals surface area contributed by atoms with Crippen LogP contribution >= 0.6 is 11.6 Å². The minimum absolute atomic E-state index is 0.00498. The van der Waals surface area contributed by atoms with E-state index in [1.807, 2.05) is 7.05 Å². The number of carbonyl (C=O) groups excluding carboxylic acids is 1. The average Bonchev–Trinajstić information content (AvgIpc) is 2.43. The number of nitrogens with zero attached hydrogens (tertiary/aromatic N) is 1. The van der Waals surface area contributed by atoms with Gasteiger partial charge in [0.25, 0.3) is 0 Å². The third kappa shape index (κ3) is 3.26. The van der Waals surface area contributed by atoms with Crippen LogP contribution in [0.1, 0.15) is 29.5 Å². The second-order valence-corrected chi connectivity index (χ2v) is 5.28. The van der Waals surface area contributed by atoms with Gasteiger partial charge in [-0.15, -0.1) is 11.6 Å². The molecule has 0 radical (unpaired) electrons. The number of fused-ring (bicyclic) bond motifs is 1. The highest BCUT2D eigenvalue weighted by molar-refractivity contribution is 6.27. The molecule has 98 valence electrons. The van der Waals surface area contributed by atoms with E-state index in [-0.39, 0.29) is 11.8 Å². The van der Waals surface area contributed by atoms with E-state index in [9.17, 15) is 4.79 Å². The third-order valence-corrected chi connectivity index (χ3v) is 3.92. The van der Waals surface area contributed by atoms with Gasteiger partial charge >= 0.3 is 0 Å². The van der Waals surface area contributed by atoms with Crippen molar-refractivity contribution in [3.05, 3.63) is 34.9 Å². The molecule has 0 heterocycles. The number of hydrogen-bond donors (Lipinski definition) is 0. The quantitative estimate of drug-likeness (QED) is 0.767. The Morgan fingerprint density at radius 3 is 2.72 bits per heavy atom. The number of carbonyl (C=O) groups is 1. The number of amides is 1. The van der Waals surface area contributed by atoms with E-state index in [1.165, 1.54) is 42.4 Å². The summed E-state index contributed by atoms with van der Waals surface area (Å²) in [7, 11) is 1.81. The van der Waals surface area contributed by atoms with Crippen molar-refractivity contribution >= 4 is 17.5 Å². The maximum atomic E-state index is 11.4. The lowest BCUT2D eigenvalue weighted by molar-refractivity contribution is -0.127. The van der Waals surface area contributed by atoms with E-state index in [0.29, 0.717) is 0 Å². The number of rotatable bonds is 4. The van der Waals surface area contributed by atoms with Crippen LogP contribution in [0.3, 0.4) is 0 Å². The van der Waals surface area contributed by atoms with Gasteiger partial charge in [0.2, 0.25) is 5.91 Å². The van der Waals surface area contributed by atoms with Gasteiger partial charge in [0.1, 0.15) is 5.88 Å². The molecule has 18 heavy (non-hydrogen) atoms. The van der Waals surface area contributed by atoms with Gasteiger partial charge in [0.15, 0.2) is 0 Å². The number of likely N-dealkylation sites (N-methyl/N-ethyl adjacent to an activating group) is 1. The minimum atomic E-state index is -0.00498. The van der Waals surface area contributed by atoms with E-state index < -0.39 is 0 Å². The predicted molar refractivity (Wildman–Crippen MR) is 75.1 cm³/mol. The molecule has 0 aromatic heterocycles. The topological polar surface area (TPSA) is 20.3 Å². The van der Waals surface area contributed by atoms with Crippen LogP contribution in [-0.2, 0) is 24.1 Å². The molecule has 0 N–H and O–H groups in total. The molecule has 2 nitrogen and oxygen atoms in total. The largest absolute Gasteiger partial charge is 0.344 e. The molecule has 0 saturated carbocycles. The lowest BCUT2D eigenvalue weighted by atomic mass is 9.90. The highest BCUT2D eigenvalue weighted by Crippen LogP contribution is 2.22. The number of hydrogen-bond acceptors (Lipinski definition) is 1. The van der Waals surface area contributed by atoms with Crippen LogP contribution in [0, 0.1) is 0 Å². The highest BCUT2D eigenvalue weighted by atomic mass is 35.5. The first-order valence-electron chi connectivity index (χ1n) is 6.61. The molecule has 1 aromatic rings. The van der Waals surface area contributed by atoms with Crippen LogP contribution in [0.25, 0.3) is 0 Å². The minimum Gasteiger partial charge on any atom is -0.344 e. The van der Waals surface area contributed by atoms with Gasteiger partial charge in [-0.3, -0.25) is 4.79 Å². The van der Waals surface area contributed by atoms with E-state index in [2.05, 4.69) is 18.2 Å². The van der Waals surface area contributed by atoms with Crippen LogP contribution in [0.4, 0.5) is 0 Å². The lowest BCUT2D eigenvalue weighted by Crippen LogP contribution is -2.29. The smallest absolute Gasteiger partial charge is 0.237 e. The maximum absolute atomic E-state index is 11.4. The predicted octanol–water partition coefficient (Wildman–Crippen LogP) is 2.81. The Hall–Kier alpha value is -1.02. The van der Waals surface area contributed by atoms with Gasteiger partial charge in [-0.1, -0.05) is 18.2 Å². The summed E-state index contributed by atoms with van der Waals surface area (Å²) in [6, 6.07) is 6.77. The van der Waals surface area contributed by atoms with Crippen molar-refractivity contribution in [2.45, 2.75) is 32.1 Å². The summed E-state index contributed by atoms with van der Waals surface area (Å²) < 4.78 is 0. The van der Waals surface area contributed by atoms with Crippen molar-refractivity contribution in [2.24, 2.45) is 0 Å². The molecular weight excluding hydrogens is 246 g/mol. The van der Waals surface area contributed by atoms with E-state index in [4.69, 9.17) is 11.6 Å². The maximum Gasteiger partial charge on any atom is 0.237 e. The SMILES string of the molecule is CN(CCc1ccc2c(c1)CCCC2)C(=O)CCl. The first-order chi connectivity index (χ1) is 8.70. The molecule has 0 unspecified atom stereocenters. The van der Waals surface area contributed by atoms with Crippen LogP contribution in [0.5, 0.6) is 0 Å². The zero-order chi connectivity index (χ0) is 13.0. The van der Waals surface area contributed by atoms with Gasteiger partial charge in [-0.25, -0.2) is 0 Å². The average molecular weight is 266 g/mol. The number of benzene rings is 1. The molecule has 1 amide bonds. The molecule has 2 rings (SSSR count). The Labute approximate surface area is 114 Å². The number of halogens is 1. The Balaban J connectivity index is 1.96. The molecule has 1 aliphatic carbocycles. The standard InChI is InChI=1S/C15H20ClNO/c1-17(15(18)11-16)9-8-12-6-7-13-4-2-3-5-14(13)10-12/h6-7,10H,2-5,8-9,11H2,1H3. The molecule has 0 spiro atoms. The summed E-state index contributed by atoms with van der Waals surface area (Å²) in [5.74, 6) is 0.0652. The summed E-state index contributed by atoms with van der Waals surface area (Å²) in [4.78, 5) is 13.1. The molecule has 1 aromatic carbocycles. The second kappa shape index (κ2) is 6.24. The fourth-order valence-electron chi connectivity index (χ4n) is 2.47. The van der Waals surface area contributed by atoms with Gasteiger partial charge in [0.05, 0.1) is 0 Å². The molecule has 1 aliphatic rings.